The SMILES string of the molecule is Cc1ccccc1N1C(C2CCCCC2)N(c2ccccc2)C(C2CCCC2)[C@@H]1C. The van der Waals surface area contributed by atoms with E-state index in [-0.39, 0.29) is 0 Å². The van der Waals surface area contributed by atoms with E-state index in [9.17, 15) is 0 Å². The molecule has 0 aromatic heterocycles. The molecular formula is C28H38N2. The lowest BCUT2D eigenvalue weighted by molar-refractivity contribution is 0.297. The Hall–Kier alpha value is -1.96. The number of anilines is 2. The molecule has 160 valence electrons. The van der Waals surface area contributed by atoms with Crippen LogP contribution in [0.15, 0.2) is 54.6 Å². The molecule has 2 heteroatoms. The second-order valence-corrected chi connectivity index (χ2v) is 10.0. The zero-order chi connectivity index (χ0) is 20.5. The molecule has 30 heavy (non-hydrogen) atoms. The van der Waals surface area contributed by atoms with E-state index in [2.05, 4.69) is 78.2 Å². The highest BCUT2D eigenvalue weighted by Gasteiger charge is 2.51. The first-order valence-corrected chi connectivity index (χ1v) is 12.4. The van der Waals surface area contributed by atoms with Gasteiger partial charge in [-0.15, -0.1) is 0 Å². The van der Waals surface area contributed by atoms with Crippen LogP contribution in [0.2, 0.25) is 0 Å². The van der Waals surface area contributed by atoms with Crippen molar-refractivity contribution in [3.8, 4) is 0 Å². The molecule has 0 N–H and O–H groups in total. The summed E-state index contributed by atoms with van der Waals surface area (Å²) in [6.07, 6.45) is 13.1. The second kappa shape index (κ2) is 8.65. The fourth-order valence-electron chi connectivity index (χ4n) is 6.89. The third-order valence-corrected chi connectivity index (χ3v) is 8.23. The fourth-order valence-corrected chi connectivity index (χ4v) is 6.89. The zero-order valence-corrected chi connectivity index (χ0v) is 18.8. The maximum Gasteiger partial charge on any atom is 0.105 e. The Balaban J connectivity index is 1.64. The van der Waals surface area contributed by atoms with Crippen molar-refractivity contribution in [1.82, 2.24) is 0 Å². The van der Waals surface area contributed by atoms with Gasteiger partial charge in [0, 0.05) is 17.4 Å². The van der Waals surface area contributed by atoms with Gasteiger partial charge in [0.1, 0.15) is 6.17 Å². The maximum absolute atomic E-state index is 2.89. The van der Waals surface area contributed by atoms with Gasteiger partial charge in [0.05, 0.1) is 6.04 Å². The summed E-state index contributed by atoms with van der Waals surface area (Å²) in [6, 6.07) is 21.6. The monoisotopic (exact) mass is 402 g/mol. The number of hydrogen-bond acceptors (Lipinski definition) is 2. The molecule has 0 amide bonds. The van der Waals surface area contributed by atoms with Gasteiger partial charge in [-0.2, -0.15) is 0 Å². The predicted molar refractivity (Wildman–Crippen MR) is 128 cm³/mol. The van der Waals surface area contributed by atoms with Gasteiger partial charge < -0.3 is 9.80 Å². The van der Waals surface area contributed by atoms with Crippen molar-refractivity contribution in [2.45, 2.75) is 89.9 Å². The third kappa shape index (κ3) is 3.53. The molecule has 3 atom stereocenters. The Morgan fingerprint density at radius 1 is 0.667 bits per heavy atom. The molecule has 2 saturated carbocycles. The topological polar surface area (TPSA) is 6.48 Å². The van der Waals surface area contributed by atoms with Crippen LogP contribution in [0.25, 0.3) is 0 Å². The van der Waals surface area contributed by atoms with Crippen molar-refractivity contribution < 1.29 is 0 Å². The molecular weight excluding hydrogens is 364 g/mol. The minimum atomic E-state index is 0.481. The van der Waals surface area contributed by atoms with Crippen LogP contribution in [0.1, 0.15) is 70.3 Å². The number of rotatable bonds is 4. The van der Waals surface area contributed by atoms with Crippen molar-refractivity contribution >= 4 is 11.4 Å². The summed E-state index contributed by atoms with van der Waals surface area (Å²) in [5.74, 6) is 1.58. The van der Waals surface area contributed by atoms with Gasteiger partial charge in [-0.3, -0.25) is 0 Å². The molecule has 2 aromatic carbocycles. The minimum absolute atomic E-state index is 0.481. The van der Waals surface area contributed by atoms with Gasteiger partial charge in [-0.25, -0.2) is 0 Å². The Morgan fingerprint density at radius 2 is 1.27 bits per heavy atom. The summed E-state index contributed by atoms with van der Waals surface area (Å²) in [7, 11) is 0. The van der Waals surface area contributed by atoms with E-state index in [0.29, 0.717) is 18.2 Å². The van der Waals surface area contributed by atoms with Gasteiger partial charge in [-0.05, 0) is 75.1 Å². The lowest BCUT2D eigenvalue weighted by Gasteiger charge is -2.42. The van der Waals surface area contributed by atoms with Crippen molar-refractivity contribution in [2.75, 3.05) is 9.80 Å². The molecule has 1 saturated heterocycles. The van der Waals surface area contributed by atoms with Gasteiger partial charge in [0.2, 0.25) is 0 Å². The number of benzene rings is 2. The normalized spacial score (nSPS) is 28.4. The van der Waals surface area contributed by atoms with Crippen LogP contribution in [0.5, 0.6) is 0 Å². The molecule has 3 fully saturated rings. The number of hydrogen-bond donors (Lipinski definition) is 0. The second-order valence-electron chi connectivity index (χ2n) is 10.0. The summed E-state index contributed by atoms with van der Waals surface area (Å²) < 4.78 is 0. The molecule has 0 radical (unpaired) electrons. The molecule has 0 bridgehead atoms. The van der Waals surface area contributed by atoms with Crippen LogP contribution < -0.4 is 9.80 Å². The molecule has 2 aromatic rings. The third-order valence-electron chi connectivity index (χ3n) is 8.23. The Kier molecular flexibility index (Phi) is 5.76. The molecule has 2 nitrogen and oxygen atoms in total. The maximum atomic E-state index is 2.89. The highest BCUT2D eigenvalue weighted by atomic mass is 15.5. The highest BCUT2D eigenvalue weighted by molar-refractivity contribution is 5.62. The van der Waals surface area contributed by atoms with Crippen LogP contribution in [-0.4, -0.2) is 18.2 Å². The van der Waals surface area contributed by atoms with E-state index in [1.165, 1.54) is 74.7 Å². The minimum Gasteiger partial charge on any atom is -0.346 e. The number of nitrogens with zero attached hydrogens (tertiary/aromatic N) is 2. The Morgan fingerprint density at radius 3 is 1.97 bits per heavy atom. The fraction of sp³-hybridized carbons (Fsp3) is 0.571. The van der Waals surface area contributed by atoms with Crippen LogP contribution in [0, 0.1) is 18.8 Å². The van der Waals surface area contributed by atoms with Crippen LogP contribution in [0.3, 0.4) is 0 Å². The first kappa shape index (κ1) is 20.0. The van der Waals surface area contributed by atoms with Crippen LogP contribution >= 0.6 is 0 Å². The molecule has 2 aliphatic carbocycles. The Bertz CT molecular complexity index is 820. The van der Waals surface area contributed by atoms with E-state index < -0.39 is 0 Å². The summed E-state index contributed by atoms with van der Waals surface area (Å²) in [6.45, 7) is 4.82. The number of aryl methyl sites for hydroxylation is 1. The highest BCUT2D eigenvalue weighted by Crippen LogP contribution is 2.47. The average molecular weight is 403 g/mol. The molecule has 2 unspecified atom stereocenters. The van der Waals surface area contributed by atoms with Gasteiger partial charge in [0.25, 0.3) is 0 Å². The Labute approximate surface area is 183 Å². The van der Waals surface area contributed by atoms with E-state index in [4.69, 9.17) is 0 Å². The molecule has 3 aliphatic rings. The summed E-state index contributed by atoms with van der Waals surface area (Å²) in [5, 5.41) is 0. The first-order valence-electron chi connectivity index (χ1n) is 12.4. The van der Waals surface area contributed by atoms with Crippen molar-refractivity contribution in [1.29, 1.82) is 0 Å². The van der Waals surface area contributed by atoms with Crippen LogP contribution in [-0.2, 0) is 0 Å². The smallest absolute Gasteiger partial charge is 0.105 e. The number of para-hydroxylation sites is 2. The van der Waals surface area contributed by atoms with Crippen molar-refractivity contribution in [3.05, 3.63) is 60.2 Å². The van der Waals surface area contributed by atoms with E-state index in [1.807, 2.05) is 0 Å². The lowest BCUT2D eigenvalue weighted by atomic mass is 9.85. The van der Waals surface area contributed by atoms with Gasteiger partial charge in [0.15, 0.2) is 0 Å². The summed E-state index contributed by atoms with van der Waals surface area (Å²) >= 11 is 0. The van der Waals surface area contributed by atoms with Crippen molar-refractivity contribution in [3.63, 3.8) is 0 Å². The quantitative estimate of drug-likeness (QED) is 0.534. The molecule has 1 heterocycles. The summed E-state index contributed by atoms with van der Waals surface area (Å²) in [5.41, 5.74) is 4.32. The van der Waals surface area contributed by atoms with E-state index in [1.54, 1.807) is 0 Å². The molecule has 0 spiro atoms. The standard InChI is InChI=1S/C28H38N2/c1-21-13-9-12-20-26(21)29-22(2)27(23-14-10-11-15-23)30(25-18-7-4-8-19-25)28(29)24-16-5-3-6-17-24/h4,7-9,12-13,18-20,22-24,27-28H,3,5-6,10-11,14-17H2,1-2H3/t22-,27?,28?/m0/s1. The zero-order valence-electron chi connectivity index (χ0n) is 18.8. The summed E-state index contributed by atoms with van der Waals surface area (Å²) in [4.78, 5) is 5.74. The van der Waals surface area contributed by atoms with E-state index >= 15 is 0 Å². The van der Waals surface area contributed by atoms with Crippen molar-refractivity contribution in [2.24, 2.45) is 11.8 Å². The predicted octanol–water partition coefficient (Wildman–Crippen LogP) is 7.18. The molecule has 1 aliphatic heterocycles. The van der Waals surface area contributed by atoms with Crippen LogP contribution in [0.4, 0.5) is 11.4 Å². The average Bonchev–Trinajstić information content (AvgIpc) is 3.41. The largest absolute Gasteiger partial charge is 0.346 e. The van der Waals surface area contributed by atoms with E-state index in [0.717, 1.165) is 11.8 Å². The lowest BCUT2D eigenvalue weighted by Crippen LogP contribution is -2.48. The first-order chi connectivity index (χ1) is 14.8. The molecule has 5 rings (SSSR count). The van der Waals surface area contributed by atoms with Gasteiger partial charge >= 0.3 is 0 Å². The van der Waals surface area contributed by atoms with Gasteiger partial charge in [-0.1, -0.05) is 68.5 Å².